The zero-order valence-corrected chi connectivity index (χ0v) is 20.3. The molecule has 0 saturated carbocycles. The molecule has 0 amide bonds. The number of guanidine groups is 1. The van der Waals surface area contributed by atoms with Crippen molar-refractivity contribution in [1.82, 2.24) is 10.6 Å². The maximum atomic E-state index is 5.62. The van der Waals surface area contributed by atoms with Crippen LogP contribution in [0.3, 0.4) is 0 Å². The van der Waals surface area contributed by atoms with Gasteiger partial charge in [-0.25, -0.2) is 0 Å². The highest BCUT2D eigenvalue weighted by Crippen LogP contribution is 2.35. The van der Waals surface area contributed by atoms with Crippen LogP contribution in [0.5, 0.6) is 0 Å². The van der Waals surface area contributed by atoms with Crippen molar-refractivity contribution in [3.8, 4) is 0 Å². The minimum atomic E-state index is 0. The average Bonchev–Trinajstić information content (AvgIpc) is 2.67. The van der Waals surface area contributed by atoms with Crippen LogP contribution in [-0.4, -0.2) is 52.0 Å². The van der Waals surface area contributed by atoms with Gasteiger partial charge in [0.1, 0.15) is 0 Å². The molecule has 5 nitrogen and oxygen atoms in total. The summed E-state index contributed by atoms with van der Waals surface area (Å²) >= 11 is 3.53. The number of rotatable bonds is 9. The summed E-state index contributed by atoms with van der Waals surface area (Å²) in [6.07, 6.45) is 2.98. The topological polar surface area (TPSA) is 54.9 Å². The lowest BCUT2D eigenvalue weighted by Crippen LogP contribution is -2.41. The molecule has 1 saturated heterocycles. The molecule has 1 aromatic carbocycles. The van der Waals surface area contributed by atoms with Crippen molar-refractivity contribution in [2.24, 2.45) is 4.99 Å². The van der Waals surface area contributed by atoms with E-state index in [9.17, 15) is 0 Å². The van der Waals surface area contributed by atoms with E-state index in [2.05, 4.69) is 57.8 Å². The van der Waals surface area contributed by atoms with Crippen LogP contribution < -0.4 is 10.6 Å². The number of aliphatic imine (C=N–C) groups is 1. The predicted octanol–water partition coefficient (Wildman–Crippen LogP) is 4.10. The van der Waals surface area contributed by atoms with E-state index < -0.39 is 0 Å². The number of nitrogens with zero attached hydrogens (tertiary/aromatic N) is 1. The quantitative estimate of drug-likeness (QED) is 0.209. The van der Waals surface area contributed by atoms with Gasteiger partial charge in [-0.1, -0.05) is 28.1 Å². The summed E-state index contributed by atoms with van der Waals surface area (Å²) in [7, 11) is 0. The van der Waals surface area contributed by atoms with Crippen LogP contribution in [-0.2, 0) is 14.9 Å². The molecule has 0 aliphatic carbocycles. The van der Waals surface area contributed by atoms with E-state index in [4.69, 9.17) is 14.5 Å². The van der Waals surface area contributed by atoms with E-state index >= 15 is 0 Å². The first-order chi connectivity index (χ1) is 12.7. The second-order valence-corrected chi connectivity index (χ2v) is 7.49. The Labute approximate surface area is 189 Å². The molecule has 1 fully saturated rings. The minimum absolute atomic E-state index is 0. The van der Waals surface area contributed by atoms with Crippen LogP contribution in [0.25, 0.3) is 0 Å². The molecule has 0 unspecified atom stereocenters. The monoisotopic (exact) mass is 553 g/mol. The summed E-state index contributed by atoms with van der Waals surface area (Å²) in [5.74, 6) is 0.881. The molecule has 1 aromatic rings. The van der Waals surface area contributed by atoms with Gasteiger partial charge in [0.25, 0.3) is 0 Å². The van der Waals surface area contributed by atoms with E-state index in [1.165, 1.54) is 5.56 Å². The van der Waals surface area contributed by atoms with Crippen LogP contribution in [0.1, 0.15) is 38.7 Å². The Balaban J connectivity index is 0.00000364. The first-order valence-corrected chi connectivity index (χ1v) is 10.4. The summed E-state index contributed by atoms with van der Waals surface area (Å²) in [6, 6.07) is 8.67. The Hall–Kier alpha value is -0.380. The lowest BCUT2D eigenvalue weighted by Gasteiger charge is -2.36. The molecule has 0 bridgehead atoms. The van der Waals surface area contributed by atoms with Crippen molar-refractivity contribution in [3.63, 3.8) is 0 Å². The van der Waals surface area contributed by atoms with Crippen molar-refractivity contribution in [2.75, 3.05) is 46.1 Å². The van der Waals surface area contributed by atoms with Gasteiger partial charge in [-0.3, -0.25) is 4.99 Å². The van der Waals surface area contributed by atoms with E-state index in [1.54, 1.807) is 0 Å². The molecule has 1 aliphatic heterocycles. The zero-order valence-electron chi connectivity index (χ0n) is 16.4. The highest BCUT2D eigenvalue weighted by Gasteiger charge is 2.34. The molecule has 0 aromatic heterocycles. The molecule has 0 atom stereocenters. The Kier molecular flexibility index (Phi) is 12.5. The second kappa shape index (κ2) is 13.7. The third kappa shape index (κ3) is 8.25. The lowest BCUT2D eigenvalue weighted by atomic mass is 9.74. The number of hydrogen-bond donors (Lipinski definition) is 2. The molecular weight excluding hydrogens is 521 g/mol. The van der Waals surface area contributed by atoms with Gasteiger partial charge >= 0.3 is 0 Å². The summed E-state index contributed by atoms with van der Waals surface area (Å²) < 4.78 is 12.1. The van der Waals surface area contributed by atoms with Gasteiger partial charge in [-0.15, -0.1) is 24.0 Å². The Morgan fingerprint density at radius 3 is 2.52 bits per heavy atom. The first-order valence-electron chi connectivity index (χ1n) is 9.64. The lowest BCUT2D eigenvalue weighted by molar-refractivity contribution is 0.0531. The largest absolute Gasteiger partial charge is 0.382 e. The van der Waals surface area contributed by atoms with Crippen LogP contribution in [0, 0.1) is 0 Å². The zero-order chi connectivity index (χ0) is 18.7. The highest BCUT2D eigenvalue weighted by molar-refractivity contribution is 14.0. The second-order valence-electron chi connectivity index (χ2n) is 6.57. The summed E-state index contributed by atoms with van der Waals surface area (Å²) in [6.45, 7) is 9.73. The minimum Gasteiger partial charge on any atom is -0.382 e. The molecule has 2 N–H and O–H groups in total. The maximum Gasteiger partial charge on any atom is 0.191 e. The van der Waals surface area contributed by atoms with E-state index in [0.29, 0.717) is 0 Å². The molecule has 154 valence electrons. The molecule has 2 rings (SSSR count). The van der Waals surface area contributed by atoms with Gasteiger partial charge in [0.15, 0.2) is 5.96 Å². The van der Waals surface area contributed by atoms with Crippen LogP contribution in [0.15, 0.2) is 33.7 Å². The molecule has 1 aliphatic rings. The van der Waals surface area contributed by atoms with Gasteiger partial charge in [0.2, 0.25) is 0 Å². The summed E-state index contributed by atoms with van der Waals surface area (Å²) in [5.41, 5.74) is 1.40. The maximum absolute atomic E-state index is 5.62. The highest BCUT2D eigenvalue weighted by atomic mass is 127. The Morgan fingerprint density at radius 2 is 1.89 bits per heavy atom. The number of nitrogens with one attached hydrogen (secondary N) is 2. The van der Waals surface area contributed by atoms with Crippen LogP contribution >= 0.6 is 39.9 Å². The number of hydrogen-bond acceptors (Lipinski definition) is 3. The standard InChI is InChI=1S/C20H32BrN3O2.HI/c1-3-22-19(23-12-5-13-25-4-2)24-16-20(10-14-26-15-11-20)17-6-8-18(21)9-7-17;/h6-9H,3-5,10-16H2,1-2H3,(H2,22,23,24);1H. The van der Waals surface area contributed by atoms with Crippen LogP contribution in [0.2, 0.25) is 0 Å². The summed E-state index contributed by atoms with van der Waals surface area (Å²) in [5, 5.41) is 6.77. The van der Waals surface area contributed by atoms with Gasteiger partial charge in [-0.05, 0) is 50.8 Å². The van der Waals surface area contributed by atoms with Crippen molar-refractivity contribution < 1.29 is 9.47 Å². The Bertz CT molecular complexity index is 549. The summed E-state index contributed by atoms with van der Waals surface area (Å²) in [4.78, 5) is 4.91. The molecule has 27 heavy (non-hydrogen) atoms. The predicted molar refractivity (Wildman–Crippen MR) is 126 cm³/mol. The average molecular weight is 554 g/mol. The number of halogens is 2. The van der Waals surface area contributed by atoms with Crippen molar-refractivity contribution in [2.45, 2.75) is 38.5 Å². The molecular formula is C20H33BrIN3O2. The van der Waals surface area contributed by atoms with Crippen molar-refractivity contribution >= 4 is 45.9 Å². The fraction of sp³-hybridized carbons (Fsp3) is 0.650. The van der Waals surface area contributed by atoms with Crippen molar-refractivity contribution in [1.29, 1.82) is 0 Å². The SMILES string of the molecule is CCNC(=NCC1(c2ccc(Br)cc2)CCOCC1)NCCCOCC.I. The number of ether oxygens (including phenoxy) is 2. The van der Waals surface area contributed by atoms with E-state index in [1.807, 2.05) is 6.92 Å². The molecule has 0 radical (unpaired) electrons. The van der Waals surface area contributed by atoms with E-state index in [0.717, 1.165) is 75.8 Å². The Morgan fingerprint density at radius 1 is 1.19 bits per heavy atom. The van der Waals surface area contributed by atoms with Crippen molar-refractivity contribution in [3.05, 3.63) is 34.3 Å². The normalized spacial score (nSPS) is 16.5. The van der Waals surface area contributed by atoms with Gasteiger partial charge in [0.05, 0.1) is 6.54 Å². The number of benzene rings is 1. The molecule has 0 spiro atoms. The fourth-order valence-corrected chi connectivity index (χ4v) is 3.47. The third-order valence-corrected chi connectivity index (χ3v) is 5.28. The van der Waals surface area contributed by atoms with Gasteiger partial charge in [0, 0.05) is 49.4 Å². The van der Waals surface area contributed by atoms with Crippen LogP contribution in [0.4, 0.5) is 0 Å². The van der Waals surface area contributed by atoms with E-state index in [-0.39, 0.29) is 29.4 Å². The van der Waals surface area contributed by atoms with Gasteiger partial charge in [-0.2, -0.15) is 0 Å². The first kappa shape index (κ1) is 24.7. The smallest absolute Gasteiger partial charge is 0.191 e. The van der Waals surface area contributed by atoms with Gasteiger partial charge < -0.3 is 20.1 Å². The fourth-order valence-electron chi connectivity index (χ4n) is 3.20. The molecule has 1 heterocycles. The molecule has 7 heteroatoms. The third-order valence-electron chi connectivity index (χ3n) is 4.75.